The normalized spacial score (nSPS) is 13.9. The van der Waals surface area contributed by atoms with Gasteiger partial charge in [-0.05, 0) is 116 Å². The predicted octanol–water partition coefficient (Wildman–Crippen LogP) is 23.6. The van der Waals surface area contributed by atoms with Crippen LogP contribution in [0.2, 0.25) is 0 Å². The second kappa shape index (κ2) is 67.5. The average Bonchev–Trinajstić information content (AvgIpc) is 3.68. The van der Waals surface area contributed by atoms with Gasteiger partial charge in [0.2, 0.25) is 0 Å². The molecule has 10 heteroatoms. The van der Waals surface area contributed by atoms with E-state index in [-0.39, 0.29) is 32.0 Å². The van der Waals surface area contributed by atoms with Crippen LogP contribution in [0.1, 0.15) is 296 Å². The molecule has 0 fully saturated rings. The highest BCUT2D eigenvalue weighted by molar-refractivity contribution is 7.47. The molecule has 0 aromatic carbocycles. The molecule has 0 radical (unpaired) electrons. The number of carbonyl (C=O) groups is 2. The van der Waals surface area contributed by atoms with Crippen molar-refractivity contribution in [2.75, 3.05) is 47.5 Å². The Hall–Kier alpha value is -3.85. The van der Waals surface area contributed by atoms with Gasteiger partial charge in [0, 0.05) is 12.8 Å². The number of carbonyl (C=O) groups excluding carboxylic acids is 2. The highest BCUT2D eigenvalue weighted by Gasteiger charge is 2.27. The van der Waals surface area contributed by atoms with Crippen molar-refractivity contribution >= 4 is 19.8 Å². The van der Waals surface area contributed by atoms with Crippen molar-refractivity contribution in [3.8, 4) is 0 Å². The molecule has 9 nitrogen and oxygen atoms in total. The van der Waals surface area contributed by atoms with E-state index in [0.717, 1.165) is 109 Å². The minimum atomic E-state index is -4.40. The van der Waals surface area contributed by atoms with Gasteiger partial charge in [-0.2, -0.15) is 0 Å². The summed E-state index contributed by atoms with van der Waals surface area (Å²) in [5.41, 5.74) is 0. The molecule has 504 valence electrons. The molecule has 0 rings (SSSR count). The molecule has 0 heterocycles. The summed E-state index contributed by atoms with van der Waals surface area (Å²) in [7, 11) is 1.47. The van der Waals surface area contributed by atoms with Crippen molar-refractivity contribution in [2.45, 2.75) is 302 Å². The maximum Gasteiger partial charge on any atom is 0.472 e. The van der Waals surface area contributed by atoms with Crippen LogP contribution in [0.5, 0.6) is 0 Å². The monoisotopic (exact) mass is 1240 g/mol. The summed E-state index contributed by atoms with van der Waals surface area (Å²) in [4.78, 5) is 35.9. The third kappa shape index (κ3) is 71.2. The van der Waals surface area contributed by atoms with Crippen LogP contribution in [-0.2, 0) is 32.7 Å². The zero-order valence-electron chi connectivity index (χ0n) is 57.4. The number of nitrogens with zero attached hydrogens (tertiary/aromatic N) is 1. The number of unbranched alkanes of at least 4 members (excludes halogenated alkanes) is 29. The summed E-state index contributed by atoms with van der Waals surface area (Å²) in [5.74, 6) is -0.803. The van der Waals surface area contributed by atoms with Crippen LogP contribution in [0.4, 0.5) is 0 Å². The number of hydrogen-bond acceptors (Lipinski definition) is 7. The average molecular weight is 1250 g/mol. The Balaban J connectivity index is 4.10. The zero-order chi connectivity index (χ0) is 64.1. The number of allylic oxidation sites excluding steroid dienone is 22. The summed E-state index contributed by atoms with van der Waals surface area (Å²) < 4.78 is 34.7. The van der Waals surface area contributed by atoms with E-state index >= 15 is 0 Å². The van der Waals surface area contributed by atoms with Gasteiger partial charge in [-0.1, -0.05) is 302 Å². The summed E-state index contributed by atoms with van der Waals surface area (Å²) >= 11 is 0. The number of ether oxygens (including phenoxy) is 2. The van der Waals surface area contributed by atoms with Crippen molar-refractivity contribution in [3.05, 3.63) is 134 Å². The third-order valence-corrected chi connectivity index (χ3v) is 16.1. The van der Waals surface area contributed by atoms with Gasteiger partial charge in [0.05, 0.1) is 27.7 Å². The molecule has 0 saturated heterocycles. The van der Waals surface area contributed by atoms with Gasteiger partial charge in [0.15, 0.2) is 6.10 Å². The van der Waals surface area contributed by atoms with E-state index in [1.165, 1.54) is 154 Å². The molecular weight excluding hydrogens is 1110 g/mol. The van der Waals surface area contributed by atoms with Crippen molar-refractivity contribution in [2.24, 2.45) is 0 Å². The van der Waals surface area contributed by atoms with Crippen molar-refractivity contribution in [1.82, 2.24) is 0 Å². The van der Waals surface area contributed by atoms with Crippen molar-refractivity contribution < 1.29 is 42.1 Å². The number of hydrogen-bond donors (Lipinski definition) is 1. The van der Waals surface area contributed by atoms with E-state index in [9.17, 15) is 19.0 Å². The number of phosphoric acid groups is 1. The lowest BCUT2D eigenvalue weighted by atomic mass is 10.0. The zero-order valence-corrected chi connectivity index (χ0v) is 58.3. The lowest BCUT2D eigenvalue weighted by Gasteiger charge is -2.24. The molecule has 0 saturated carbocycles. The Bertz CT molecular complexity index is 1950. The molecule has 2 atom stereocenters. The summed E-state index contributed by atoms with van der Waals surface area (Å²) in [6.07, 6.45) is 98.4. The summed E-state index contributed by atoms with van der Waals surface area (Å²) in [5, 5.41) is 0. The smallest absolute Gasteiger partial charge is 0.462 e. The van der Waals surface area contributed by atoms with E-state index in [1.54, 1.807) is 0 Å². The molecule has 0 aromatic heterocycles. The van der Waals surface area contributed by atoms with E-state index < -0.39 is 26.5 Å². The van der Waals surface area contributed by atoms with E-state index in [4.69, 9.17) is 18.5 Å². The molecule has 0 aliphatic carbocycles. The minimum Gasteiger partial charge on any atom is -0.462 e. The van der Waals surface area contributed by atoms with Crippen molar-refractivity contribution in [3.63, 3.8) is 0 Å². The fourth-order valence-electron chi connectivity index (χ4n) is 9.69. The first-order chi connectivity index (χ1) is 43.0. The summed E-state index contributed by atoms with van der Waals surface area (Å²) in [6, 6.07) is 0. The van der Waals surface area contributed by atoms with Crippen LogP contribution in [0, 0.1) is 0 Å². The molecule has 0 bridgehead atoms. The SMILES string of the molecule is CC/C=C\C/C=C\C/C=C\C/C=C\C/C=C\C/C=C\C/C=C\C/C=C\C/C=C\CCCCCCCCCCCC(=O)OC(COC(=O)CCCCCCCCCCCCCCCCC/C=C\C/C=C\CCCCCCC)COP(=O)(O)OCC[N+](C)(C)C. The standard InChI is InChI=1S/C78H134NO8P/c1-6-8-10-12-14-16-18-20-22-24-26-28-30-32-34-35-36-37-38-39-40-41-42-43-45-47-49-51-53-55-57-59-61-63-65-67-69-71-78(81)87-76(75-86-88(82,83)85-73-72-79(3,4)5)74-84-77(80)70-68-66-64-62-60-58-56-54-52-50-48-46-44-33-31-29-27-25-23-21-19-17-15-13-11-9-7-2/h8,10,14,16,19-22,25-28,32,34,36-37,39-40,42-43,47,49,76H,6-7,9,11-13,15,17-18,23-24,29-31,33,35,38,41,44-46,48,50-75H2,1-5H3/p+1/b10-8-,16-14-,21-19-,22-20-,27-25-,28-26-,34-32-,37-36-,40-39-,43-42-,49-47-. The summed E-state index contributed by atoms with van der Waals surface area (Å²) in [6.45, 7) is 4.32. The quantitative estimate of drug-likeness (QED) is 0.0211. The highest BCUT2D eigenvalue weighted by atomic mass is 31.2. The molecule has 0 aliphatic rings. The van der Waals surface area contributed by atoms with Gasteiger partial charge < -0.3 is 18.9 Å². The first-order valence-electron chi connectivity index (χ1n) is 35.9. The Morgan fingerprint density at radius 1 is 0.364 bits per heavy atom. The lowest BCUT2D eigenvalue weighted by Crippen LogP contribution is -2.37. The maximum atomic E-state index is 12.9. The maximum absolute atomic E-state index is 12.9. The Morgan fingerprint density at radius 2 is 0.648 bits per heavy atom. The molecule has 2 unspecified atom stereocenters. The lowest BCUT2D eigenvalue weighted by molar-refractivity contribution is -0.870. The van der Waals surface area contributed by atoms with Crippen LogP contribution in [0.25, 0.3) is 0 Å². The second-order valence-electron chi connectivity index (χ2n) is 24.9. The van der Waals surface area contributed by atoms with Gasteiger partial charge in [0.1, 0.15) is 19.8 Å². The first kappa shape index (κ1) is 84.2. The fourth-order valence-corrected chi connectivity index (χ4v) is 10.4. The molecule has 0 spiro atoms. The van der Waals surface area contributed by atoms with Crippen molar-refractivity contribution in [1.29, 1.82) is 0 Å². The van der Waals surface area contributed by atoms with Gasteiger partial charge in [-0.25, -0.2) is 4.57 Å². The van der Waals surface area contributed by atoms with Crippen LogP contribution < -0.4 is 0 Å². The number of esters is 2. The molecule has 0 aliphatic heterocycles. The van der Waals surface area contributed by atoms with Gasteiger partial charge in [-0.3, -0.25) is 18.6 Å². The number of quaternary nitrogens is 1. The number of phosphoric ester groups is 1. The van der Waals surface area contributed by atoms with E-state index in [2.05, 4.69) is 148 Å². The third-order valence-electron chi connectivity index (χ3n) is 15.2. The van der Waals surface area contributed by atoms with E-state index in [1.807, 2.05) is 21.1 Å². The number of likely N-dealkylation sites (N-methyl/N-ethyl adjacent to an activating group) is 1. The topological polar surface area (TPSA) is 108 Å². The van der Waals surface area contributed by atoms with Gasteiger partial charge >= 0.3 is 19.8 Å². The Kier molecular flexibility index (Phi) is 64.6. The molecule has 0 amide bonds. The van der Waals surface area contributed by atoms with Crippen LogP contribution in [0.15, 0.2) is 134 Å². The van der Waals surface area contributed by atoms with E-state index in [0.29, 0.717) is 17.4 Å². The van der Waals surface area contributed by atoms with Gasteiger partial charge in [-0.15, -0.1) is 0 Å². The van der Waals surface area contributed by atoms with Crippen LogP contribution in [0.3, 0.4) is 0 Å². The predicted molar refractivity (Wildman–Crippen MR) is 381 cm³/mol. The van der Waals surface area contributed by atoms with Crippen LogP contribution >= 0.6 is 7.82 Å². The highest BCUT2D eigenvalue weighted by Crippen LogP contribution is 2.43. The minimum absolute atomic E-state index is 0.0252. The van der Waals surface area contributed by atoms with Crippen LogP contribution in [-0.4, -0.2) is 74.9 Å². The fraction of sp³-hybridized carbons (Fsp3) is 0.692. The molecular formula is C78H135NO8P+. The largest absolute Gasteiger partial charge is 0.472 e. The van der Waals surface area contributed by atoms with Gasteiger partial charge in [0.25, 0.3) is 0 Å². The Labute approximate surface area is 542 Å². The molecule has 0 aromatic rings. The Morgan fingerprint density at radius 3 is 0.966 bits per heavy atom. The molecule has 88 heavy (non-hydrogen) atoms. The molecule has 1 N–H and O–H groups in total. The first-order valence-corrected chi connectivity index (χ1v) is 37.4. The number of rotatable bonds is 65. The second-order valence-corrected chi connectivity index (χ2v) is 26.3.